The predicted octanol–water partition coefficient (Wildman–Crippen LogP) is 4.05. The van der Waals surface area contributed by atoms with E-state index in [-0.39, 0.29) is 0 Å². The standard InChI is InChI=1S/C13H7F5O2S2/c14-7-1-3-9-11(5-7)22(19,20)12-6-8(15)2-4-10(12)21(9)13(16,17)18/h1-6,21H. The molecule has 1 aliphatic rings. The van der Waals surface area contributed by atoms with Gasteiger partial charge in [-0.1, -0.05) is 0 Å². The highest BCUT2D eigenvalue weighted by molar-refractivity contribution is 8.18. The Kier molecular flexibility index (Phi) is 3.26. The first kappa shape index (κ1) is 15.3. The van der Waals surface area contributed by atoms with Crippen LogP contribution in [0.25, 0.3) is 0 Å². The summed E-state index contributed by atoms with van der Waals surface area (Å²) in [7, 11) is -7.44. The quantitative estimate of drug-likeness (QED) is 0.572. The zero-order valence-corrected chi connectivity index (χ0v) is 12.2. The van der Waals surface area contributed by atoms with Crippen molar-refractivity contribution in [2.45, 2.75) is 25.1 Å². The number of hydrogen-bond donors (Lipinski definition) is 1. The monoisotopic (exact) mass is 354 g/mol. The Morgan fingerprint density at radius 3 is 1.59 bits per heavy atom. The highest BCUT2D eigenvalue weighted by Gasteiger charge is 2.47. The van der Waals surface area contributed by atoms with Gasteiger partial charge in [-0.15, -0.1) is 10.9 Å². The Hall–Kier alpha value is -1.61. The summed E-state index contributed by atoms with van der Waals surface area (Å²) in [5.41, 5.74) is -4.73. The molecule has 0 aliphatic carbocycles. The second-order valence-corrected chi connectivity index (χ2v) is 8.56. The van der Waals surface area contributed by atoms with E-state index in [4.69, 9.17) is 0 Å². The van der Waals surface area contributed by atoms with Crippen LogP contribution >= 0.6 is 10.9 Å². The summed E-state index contributed by atoms with van der Waals surface area (Å²) in [5, 5.41) is 0. The van der Waals surface area contributed by atoms with Gasteiger partial charge in [0.05, 0.1) is 9.79 Å². The Morgan fingerprint density at radius 2 is 1.23 bits per heavy atom. The molecule has 0 radical (unpaired) electrons. The summed E-state index contributed by atoms with van der Waals surface area (Å²) in [6, 6.07) is 4.30. The number of sulfone groups is 1. The van der Waals surface area contributed by atoms with Gasteiger partial charge < -0.3 is 0 Å². The van der Waals surface area contributed by atoms with Crippen molar-refractivity contribution in [2.24, 2.45) is 0 Å². The molecule has 2 aromatic rings. The van der Waals surface area contributed by atoms with Crippen LogP contribution in [0.4, 0.5) is 22.0 Å². The highest BCUT2D eigenvalue weighted by atomic mass is 32.2. The van der Waals surface area contributed by atoms with Crippen molar-refractivity contribution in [1.82, 2.24) is 0 Å². The molecule has 22 heavy (non-hydrogen) atoms. The van der Waals surface area contributed by atoms with Gasteiger partial charge in [0.1, 0.15) is 11.6 Å². The first-order chi connectivity index (χ1) is 10.1. The fourth-order valence-corrected chi connectivity index (χ4v) is 6.85. The lowest BCUT2D eigenvalue weighted by Gasteiger charge is -2.32. The number of hydrogen-bond acceptors (Lipinski definition) is 2. The Balaban J connectivity index is 2.44. The van der Waals surface area contributed by atoms with Crippen molar-refractivity contribution in [1.29, 1.82) is 0 Å². The van der Waals surface area contributed by atoms with Gasteiger partial charge in [0.2, 0.25) is 9.84 Å². The molecule has 0 N–H and O–H groups in total. The normalized spacial score (nSPS) is 17.8. The van der Waals surface area contributed by atoms with E-state index in [1.807, 2.05) is 0 Å². The summed E-state index contributed by atoms with van der Waals surface area (Å²) in [6.07, 6.45) is 0. The van der Waals surface area contributed by atoms with Crippen LogP contribution in [0.2, 0.25) is 0 Å². The van der Waals surface area contributed by atoms with Crippen molar-refractivity contribution in [3.63, 3.8) is 0 Å². The maximum atomic E-state index is 13.4. The number of benzene rings is 2. The van der Waals surface area contributed by atoms with Gasteiger partial charge in [0.15, 0.2) is 0 Å². The van der Waals surface area contributed by atoms with Crippen molar-refractivity contribution >= 4 is 20.7 Å². The smallest absolute Gasteiger partial charge is 0.218 e. The zero-order valence-electron chi connectivity index (χ0n) is 10.5. The summed E-state index contributed by atoms with van der Waals surface area (Å²) in [4.78, 5) is -2.51. The van der Waals surface area contributed by atoms with Crippen LogP contribution in [0, 0.1) is 11.6 Å². The molecule has 9 heteroatoms. The Labute approximate surface area is 124 Å². The topological polar surface area (TPSA) is 34.1 Å². The number of alkyl halides is 3. The SMILES string of the molecule is O=S1(=O)c2cc(F)ccc2[SH](C(F)(F)F)c2ccc(F)cc21. The van der Waals surface area contributed by atoms with Crippen LogP contribution in [-0.2, 0) is 9.84 Å². The zero-order chi connectivity index (χ0) is 16.3. The molecular weight excluding hydrogens is 347 g/mol. The molecular formula is C13H7F5O2S2. The number of thiol groups is 1. The first-order valence-electron chi connectivity index (χ1n) is 5.83. The van der Waals surface area contributed by atoms with Gasteiger partial charge in [-0.3, -0.25) is 0 Å². The first-order valence-corrected chi connectivity index (χ1v) is 8.66. The molecule has 1 heterocycles. The summed E-state index contributed by atoms with van der Waals surface area (Å²) < 4.78 is 91.6. The molecule has 0 amide bonds. The van der Waals surface area contributed by atoms with Crippen LogP contribution in [0.5, 0.6) is 0 Å². The molecule has 3 rings (SSSR count). The lowest BCUT2D eigenvalue weighted by molar-refractivity contribution is -0.0358. The fraction of sp³-hybridized carbons (Fsp3) is 0.0769. The third kappa shape index (κ3) is 2.19. The van der Waals surface area contributed by atoms with E-state index < -0.39 is 57.5 Å². The van der Waals surface area contributed by atoms with E-state index in [0.29, 0.717) is 12.1 Å². The molecule has 0 saturated heterocycles. The summed E-state index contributed by atoms with van der Waals surface area (Å²) >= 11 is 0. The molecule has 0 fully saturated rings. The molecule has 1 aliphatic heterocycles. The largest absolute Gasteiger partial charge is 0.431 e. The maximum absolute atomic E-state index is 13.4. The second kappa shape index (κ2) is 4.69. The molecule has 0 saturated carbocycles. The Bertz CT molecular complexity index is 815. The van der Waals surface area contributed by atoms with Gasteiger partial charge in [-0.05, 0) is 36.4 Å². The molecule has 2 aromatic carbocycles. The number of halogens is 5. The van der Waals surface area contributed by atoms with Gasteiger partial charge >= 0.3 is 5.51 Å². The minimum atomic E-state index is -4.73. The van der Waals surface area contributed by atoms with E-state index >= 15 is 0 Å². The number of fused-ring (bicyclic) bond motifs is 2. The average molecular weight is 354 g/mol. The highest BCUT2D eigenvalue weighted by Crippen LogP contribution is 2.63. The maximum Gasteiger partial charge on any atom is 0.431 e. The molecule has 0 unspecified atom stereocenters. The van der Waals surface area contributed by atoms with Crippen molar-refractivity contribution < 1.29 is 30.4 Å². The van der Waals surface area contributed by atoms with Crippen LogP contribution < -0.4 is 0 Å². The Morgan fingerprint density at radius 1 is 0.818 bits per heavy atom. The summed E-state index contributed by atoms with van der Waals surface area (Å²) in [6.45, 7) is 0. The van der Waals surface area contributed by atoms with Crippen LogP contribution in [0.3, 0.4) is 0 Å². The van der Waals surface area contributed by atoms with Gasteiger partial charge in [0, 0.05) is 9.79 Å². The molecule has 118 valence electrons. The molecule has 0 atom stereocenters. The summed E-state index contributed by atoms with van der Waals surface area (Å²) in [5.74, 6) is -1.95. The van der Waals surface area contributed by atoms with E-state index in [0.717, 1.165) is 24.3 Å². The minimum Gasteiger partial charge on any atom is -0.218 e. The molecule has 0 bridgehead atoms. The van der Waals surface area contributed by atoms with Crippen molar-refractivity contribution in [3.8, 4) is 0 Å². The van der Waals surface area contributed by atoms with Crippen molar-refractivity contribution in [2.75, 3.05) is 0 Å². The van der Waals surface area contributed by atoms with E-state index in [1.165, 1.54) is 0 Å². The third-order valence-electron chi connectivity index (χ3n) is 3.16. The molecule has 0 spiro atoms. The van der Waals surface area contributed by atoms with Crippen molar-refractivity contribution in [3.05, 3.63) is 48.0 Å². The van der Waals surface area contributed by atoms with Gasteiger partial charge in [0.25, 0.3) is 0 Å². The molecule has 0 aromatic heterocycles. The van der Waals surface area contributed by atoms with Gasteiger partial charge in [-0.25, -0.2) is 17.2 Å². The second-order valence-electron chi connectivity index (χ2n) is 4.53. The van der Waals surface area contributed by atoms with E-state index in [1.54, 1.807) is 0 Å². The fourth-order valence-electron chi connectivity index (χ4n) is 2.30. The number of rotatable bonds is 0. The lowest BCUT2D eigenvalue weighted by atomic mass is 10.3. The average Bonchev–Trinajstić information content (AvgIpc) is 2.39. The third-order valence-corrected chi connectivity index (χ3v) is 7.54. The molecule has 2 nitrogen and oxygen atoms in total. The predicted molar refractivity (Wildman–Crippen MR) is 69.8 cm³/mol. The lowest BCUT2D eigenvalue weighted by Crippen LogP contribution is -2.20. The van der Waals surface area contributed by atoms with Crippen LogP contribution in [-0.4, -0.2) is 13.9 Å². The van der Waals surface area contributed by atoms with E-state index in [9.17, 15) is 30.4 Å². The van der Waals surface area contributed by atoms with E-state index in [2.05, 4.69) is 0 Å². The van der Waals surface area contributed by atoms with Crippen LogP contribution in [0.15, 0.2) is 56.0 Å². The van der Waals surface area contributed by atoms with Crippen LogP contribution in [0.1, 0.15) is 0 Å². The van der Waals surface area contributed by atoms with Gasteiger partial charge in [-0.2, -0.15) is 13.2 Å². The minimum absolute atomic E-state index is 0.497.